The van der Waals surface area contributed by atoms with Crippen LogP contribution in [0.2, 0.25) is 0 Å². The maximum atomic E-state index is 5.34. The summed E-state index contributed by atoms with van der Waals surface area (Å²) < 4.78 is 5.34. The van der Waals surface area contributed by atoms with Crippen LogP contribution < -0.4 is 0 Å². The lowest BCUT2D eigenvalue weighted by Gasteiger charge is -2.27. The number of hydrogen-bond donors (Lipinski definition) is 0. The molecule has 0 aromatic heterocycles. The van der Waals surface area contributed by atoms with Crippen LogP contribution in [0.3, 0.4) is 0 Å². The molecule has 0 atom stereocenters. The van der Waals surface area contributed by atoms with Gasteiger partial charge in [-0.2, -0.15) is 0 Å². The summed E-state index contributed by atoms with van der Waals surface area (Å²) in [6, 6.07) is 0. The van der Waals surface area contributed by atoms with E-state index in [1.54, 1.807) is 13.2 Å². The zero-order valence-corrected chi connectivity index (χ0v) is 12.4. The van der Waals surface area contributed by atoms with Crippen LogP contribution in [0.1, 0.15) is 40.0 Å². The van der Waals surface area contributed by atoms with E-state index in [-0.39, 0.29) is 0 Å². The Morgan fingerprint density at radius 1 is 1.11 bits per heavy atom. The third kappa shape index (κ3) is 4.02. The Morgan fingerprint density at radius 2 is 1.72 bits per heavy atom. The van der Waals surface area contributed by atoms with E-state index in [4.69, 9.17) is 4.74 Å². The Balaban J connectivity index is 2.77. The van der Waals surface area contributed by atoms with Crippen LogP contribution in [0.25, 0.3) is 0 Å². The van der Waals surface area contributed by atoms with Gasteiger partial charge in [0.2, 0.25) is 0 Å². The average Bonchev–Trinajstić information content (AvgIpc) is 2.40. The molecule has 0 unspecified atom stereocenters. The lowest BCUT2D eigenvalue weighted by atomic mass is 10.0. The standard InChI is InChI=1S/C16H27NO/c1-6-16(18-5)15(4)14(3)13(2)12-17-10-8-7-9-11-17/h6H,1,7-12H2,2-5H3/b14-13+,16-15+. The number of piperidine rings is 1. The van der Waals surface area contributed by atoms with E-state index in [9.17, 15) is 0 Å². The van der Waals surface area contributed by atoms with Crippen LogP contribution in [0, 0.1) is 0 Å². The second-order valence-corrected chi connectivity index (χ2v) is 5.14. The summed E-state index contributed by atoms with van der Waals surface area (Å²) in [7, 11) is 1.70. The largest absolute Gasteiger partial charge is 0.497 e. The summed E-state index contributed by atoms with van der Waals surface area (Å²) in [4.78, 5) is 2.55. The predicted octanol–water partition coefficient (Wildman–Crippen LogP) is 3.92. The van der Waals surface area contributed by atoms with Gasteiger partial charge < -0.3 is 4.74 Å². The first-order valence-corrected chi connectivity index (χ1v) is 6.86. The van der Waals surface area contributed by atoms with E-state index in [2.05, 4.69) is 32.3 Å². The van der Waals surface area contributed by atoms with Gasteiger partial charge in [0.25, 0.3) is 0 Å². The summed E-state index contributed by atoms with van der Waals surface area (Å²) in [6.07, 6.45) is 5.86. The summed E-state index contributed by atoms with van der Waals surface area (Å²) in [5.74, 6) is 0.880. The quantitative estimate of drug-likeness (QED) is 0.541. The fourth-order valence-electron chi connectivity index (χ4n) is 2.47. The first-order chi connectivity index (χ1) is 8.60. The van der Waals surface area contributed by atoms with E-state index in [0.717, 1.165) is 12.3 Å². The van der Waals surface area contributed by atoms with Crippen molar-refractivity contribution in [1.29, 1.82) is 0 Å². The molecule has 0 radical (unpaired) electrons. The van der Waals surface area contributed by atoms with Gasteiger partial charge in [-0.1, -0.05) is 18.6 Å². The van der Waals surface area contributed by atoms with E-state index >= 15 is 0 Å². The van der Waals surface area contributed by atoms with Gasteiger partial charge in [0.1, 0.15) is 5.76 Å². The molecule has 1 fully saturated rings. The van der Waals surface area contributed by atoms with E-state index in [1.165, 1.54) is 49.1 Å². The van der Waals surface area contributed by atoms with E-state index in [0.29, 0.717) is 0 Å². The highest BCUT2D eigenvalue weighted by Gasteiger charge is 2.12. The zero-order chi connectivity index (χ0) is 13.5. The number of likely N-dealkylation sites (tertiary alicyclic amines) is 1. The third-order valence-electron chi connectivity index (χ3n) is 3.89. The Bertz CT molecular complexity index is 346. The van der Waals surface area contributed by atoms with Crippen molar-refractivity contribution in [2.75, 3.05) is 26.7 Å². The molecular weight excluding hydrogens is 222 g/mol. The highest BCUT2D eigenvalue weighted by molar-refractivity contribution is 5.37. The van der Waals surface area contributed by atoms with Crippen molar-refractivity contribution in [2.45, 2.75) is 40.0 Å². The smallest absolute Gasteiger partial charge is 0.121 e. The minimum absolute atomic E-state index is 0.880. The van der Waals surface area contributed by atoms with Crippen LogP contribution in [0.4, 0.5) is 0 Å². The fourth-order valence-corrected chi connectivity index (χ4v) is 2.47. The van der Waals surface area contributed by atoms with Gasteiger partial charge in [-0.05, 0) is 63.9 Å². The normalized spacial score (nSPS) is 20.0. The second-order valence-electron chi connectivity index (χ2n) is 5.14. The number of methoxy groups -OCH3 is 1. The van der Waals surface area contributed by atoms with Crippen LogP contribution in [-0.4, -0.2) is 31.6 Å². The maximum absolute atomic E-state index is 5.34. The highest BCUT2D eigenvalue weighted by Crippen LogP contribution is 2.20. The molecule has 18 heavy (non-hydrogen) atoms. The second kappa shape index (κ2) is 7.42. The molecule has 0 N–H and O–H groups in total. The number of rotatable bonds is 5. The van der Waals surface area contributed by atoms with Crippen molar-refractivity contribution < 1.29 is 4.74 Å². The molecule has 1 heterocycles. The van der Waals surface area contributed by atoms with Crippen molar-refractivity contribution in [3.8, 4) is 0 Å². The predicted molar refractivity (Wildman–Crippen MR) is 78.6 cm³/mol. The summed E-state index contributed by atoms with van der Waals surface area (Å²) in [6.45, 7) is 13.9. The van der Waals surface area contributed by atoms with Gasteiger partial charge in [-0.3, -0.25) is 4.90 Å². The molecular formula is C16H27NO. The van der Waals surface area contributed by atoms with Crippen molar-refractivity contribution in [3.05, 3.63) is 35.1 Å². The molecule has 2 nitrogen and oxygen atoms in total. The number of nitrogens with zero attached hydrogens (tertiary/aromatic N) is 1. The molecule has 1 aliphatic heterocycles. The molecule has 2 heteroatoms. The monoisotopic (exact) mass is 249 g/mol. The van der Waals surface area contributed by atoms with Crippen LogP contribution in [0.5, 0.6) is 0 Å². The SMILES string of the molecule is C=C/C(OC)=C(C)\C(C)=C(/C)CN1CCCCC1. The average molecular weight is 249 g/mol. The van der Waals surface area contributed by atoms with Crippen LogP contribution >= 0.6 is 0 Å². The van der Waals surface area contributed by atoms with Gasteiger partial charge in [-0.15, -0.1) is 0 Å². The molecule has 1 aliphatic rings. The Labute approximate surface area is 112 Å². The summed E-state index contributed by atoms with van der Waals surface area (Å²) in [5, 5.41) is 0. The molecule has 0 aromatic rings. The lowest BCUT2D eigenvalue weighted by Crippen LogP contribution is -2.31. The maximum Gasteiger partial charge on any atom is 0.121 e. The lowest BCUT2D eigenvalue weighted by molar-refractivity contribution is 0.246. The first kappa shape index (κ1) is 15.0. The Hall–Kier alpha value is -1.02. The van der Waals surface area contributed by atoms with Gasteiger partial charge in [0, 0.05) is 6.54 Å². The van der Waals surface area contributed by atoms with Gasteiger partial charge in [0.15, 0.2) is 0 Å². The molecule has 0 aliphatic carbocycles. The molecule has 102 valence electrons. The van der Waals surface area contributed by atoms with Crippen LogP contribution in [0.15, 0.2) is 35.1 Å². The molecule has 0 saturated carbocycles. The highest BCUT2D eigenvalue weighted by atomic mass is 16.5. The van der Waals surface area contributed by atoms with Crippen LogP contribution in [-0.2, 0) is 4.74 Å². The molecule has 1 rings (SSSR count). The summed E-state index contributed by atoms with van der Waals surface area (Å²) >= 11 is 0. The Kier molecular flexibility index (Phi) is 6.20. The van der Waals surface area contributed by atoms with Gasteiger partial charge in [0.05, 0.1) is 7.11 Å². The molecule has 1 saturated heterocycles. The van der Waals surface area contributed by atoms with Crippen molar-refractivity contribution in [1.82, 2.24) is 4.90 Å². The number of allylic oxidation sites excluding steroid dienone is 3. The minimum atomic E-state index is 0.880. The molecule has 0 bridgehead atoms. The third-order valence-corrected chi connectivity index (χ3v) is 3.89. The topological polar surface area (TPSA) is 12.5 Å². The summed E-state index contributed by atoms with van der Waals surface area (Å²) in [5.41, 5.74) is 3.96. The van der Waals surface area contributed by atoms with Gasteiger partial charge in [-0.25, -0.2) is 0 Å². The Morgan fingerprint density at radius 3 is 2.22 bits per heavy atom. The molecule has 0 amide bonds. The van der Waals surface area contributed by atoms with Gasteiger partial charge >= 0.3 is 0 Å². The fraction of sp³-hybridized carbons (Fsp3) is 0.625. The molecule has 0 aromatic carbocycles. The van der Waals surface area contributed by atoms with Crippen molar-refractivity contribution in [2.24, 2.45) is 0 Å². The van der Waals surface area contributed by atoms with Crippen molar-refractivity contribution in [3.63, 3.8) is 0 Å². The van der Waals surface area contributed by atoms with Crippen molar-refractivity contribution >= 4 is 0 Å². The number of hydrogen-bond acceptors (Lipinski definition) is 2. The first-order valence-electron chi connectivity index (χ1n) is 6.86. The van der Waals surface area contributed by atoms with E-state index in [1.807, 2.05) is 0 Å². The van der Waals surface area contributed by atoms with E-state index < -0.39 is 0 Å². The number of ether oxygens (including phenoxy) is 1. The zero-order valence-electron chi connectivity index (χ0n) is 12.4. The minimum Gasteiger partial charge on any atom is -0.497 e. The molecule has 0 spiro atoms.